The van der Waals surface area contributed by atoms with Gasteiger partial charge in [-0.1, -0.05) is 23.8 Å². The van der Waals surface area contributed by atoms with Crippen molar-refractivity contribution < 1.29 is 27.1 Å². The summed E-state index contributed by atoms with van der Waals surface area (Å²) in [5, 5.41) is 1.88. The fourth-order valence-corrected chi connectivity index (χ4v) is 2.63. The van der Waals surface area contributed by atoms with E-state index in [-0.39, 0.29) is 17.3 Å². The van der Waals surface area contributed by atoms with E-state index in [1.165, 1.54) is 23.5 Å². The summed E-state index contributed by atoms with van der Waals surface area (Å²) in [6.45, 7) is 3.77. The summed E-state index contributed by atoms with van der Waals surface area (Å²) in [6, 6.07) is 9.45. The van der Waals surface area contributed by atoms with E-state index in [1.807, 2.05) is 44.0 Å². The lowest BCUT2D eigenvalue weighted by Crippen LogP contribution is -2.17. The number of ketones is 1. The van der Waals surface area contributed by atoms with Crippen LogP contribution in [0.15, 0.2) is 46.7 Å². The fourth-order valence-electron chi connectivity index (χ4n) is 1.51. The summed E-state index contributed by atoms with van der Waals surface area (Å²) >= 11 is 1.44. The molecular formula is C17H21NO5S2. The molecule has 0 amide bonds. The molecule has 25 heavy (non-hydrogen) atoms. The minimum atomic E-state index is -4.27. The number of hydrogen-bond acceptors (Lipinski definition) is 6. The van der Waals surface area contributed by atoms with Crippen molar-refractivity contribution in [2.75, 3.05) is 20.7 Å². The molecule has 1 aromatic carbocycles. The summed E-state index contributed by atoms with van der Waals surface area (Å²) < 4.78 is 38.3. The molecule has 0 unspecified atom stereocenters. The van der Waals surface area contributed by atoms with Gasteiger partial charge in [-0.25, -0.2) is 13.0 Å². The van der Waals surface area contributed by atoms with Crippen molar-refractivity contribution in [3.8, 4) is 0 Å². The molecule has 2 rings (SSSR count). The molecule has 1 heterocycles. The van der Waals surface area contributed by atoms with E-state index in [0.717, 1.165) is 16.3 Å². The van der Waals surface area contributed by atoms with Crippen LogP contribution >= 0.6 is 11.3 Å². The Bertz CT molecular complexity index is 818. The number of aryl methyl sites for hydroxylation is 1. The molecule has 0 radical (unpaired) electrons. The molecule has 0 fully saturated rings. The minimum absolute atomic E-state index is 0.0289. The molecule has 0 aliphatic carbocycles. The van der Waals surface area contributed by atoms with Gasteiger partial charge in [-0.2, -0.15) is 0 Å². The third-order valence-corrected chi connectivity index (χ3v) is 4.91. The summed E-state index contributed by atoms with van der Waals surface area (Å²) in [5.74, 6) is 0.774. The summed E-state index contributed by atoms with van der Waals surface area (Å²) in [6.07, 6.45) is 0. The zero-order chi connectivity index (χ0) is 19.0. The first kappa shape index (κ1) is 21.0. The quantitative estimate of drug-likeness (QED) is 0.266. The molecule has 0 aliphatic rings. The van der Waals surface area contributed by atoms with Gasteiger partial charge in [0.25, 0.3) is 0 Å². The molecular weight excluding hydrogens is 362 g/mol. The van der Waals surface area contributed by atoms with Crippen LogP contribution < -0.4 is 0 Å². The lowest BCUT2D eigenvalue weighted by molar-refractivity contribution is -0.474. The molecule has 0 spiro atoms. The summed E-state index contributed by atoms with van der Waals surface area (Å²) in [5.41, 5.74) is 0.928. The van der Waals surface area contributed by atoms with Crippen molar-refractivity contribution in [1.82, 2.24) is 0 Å². The zero-order valence-corrected chi connectivity index (χ0v) is 16.2. The molecule has 0 saturated heterocycles. The smallest absolute Gasteiger partial charge is 0.333 e. The number of benzene rings is 1. The van der Waals surface area contributed by atoms with Crippen LogP contribution in [0.5, 0.6) is 0 Å². The van der Waals surface area contributed by atoms with Crippen LogP contribution in [0.4, 0.5) is 0 Å². The van der Waals surface area contributed by atoms with Crippen molar-refractivity contribution >= 4 is 33.1 Å². The van der Waals surface area contributed by atoms with Gasteiger partial charge in [-0.15, -0.1) is 11.3 Å². The zero-order valence-electron chi connectivity index (χ0n) is 14.6. The van der Waals surface area contributed by atoms with Gasteiger partial charge >= 0.3 is 5.90 Å². The Hall–Kier alpha value is -2.03. The van der Waals surface area contributed by atoms with Crippen LogP contribution in [0.3, 0.4) is 0 Å². The van der Waals surface area contributed by atoms with Crippen molar-refractivity contribution in [2.45, 2.75) is 18.7 Å². The lowest BCUT2D eigenvalue weighted by Gasteiger charge is -2.05. The number of thiophene rings is 1. The van der Waals surface area contributed by atoms with E-state index >= 15 is 0 Å². The highest BCUT2D eigenvalue weighted by Gasteiger charge is 2.09. The number of rotatable bonds is 4. The predicted molar refractivity (Wildman–Crippen MR) is 96.5 cm³/mol. The molecule has 1 aromatic heterocycles. The molecule has 0 saturated carbocycles. The molecule has 8 heteroatoms. The van der Waals surface area contributed by atoms with E-state index in [9.17, 15) is 17.8 Å². The van der Waals surface area contributed by atoms with Gasteiger partial charge in [-0.3, -0.25) is 4.79 Å². The second-order valence-electron chi connectivity index (χ2n) is 5.37. The van der Waals surface area contributed by atoms with Crippen molar-refractivity contribution in [3.05, 3.63) is 52.2 Å². The van der Waals surface area contributed by atoms with Gasteiger partial charge in [0.2, 0.25) is 5.78 Å². The molecule has 0 bridgehead atoms. The first-order chi connectivity index (χ1) is 11.6. The van der Waals surface area contributed by atoms with Crippen molar-refractivity contribution in [1.29, 1.82) is 0 Å². The third kappa shape index (κ3) is 7.59. The molecule has 0 N–H and O–H groups in total. The molecule has 2 aromatic rings. The Kier molecular flexibility index (Phi) is 7.95. The molecule has 136 valence electrons. The minimum Gasteiger partial charge on any atom is -0.744 e. The number of ether oxygens (including phenoxy) is 1. The topological polar surface area (TPSA) is 86.5 Å². The molecule has 0 aliphatic heterocycles. The fraction of sp³-hybridized carbons (Fsp3) is 0.294. The first-order valence-corrected chi connectivity index (χ1v) is 9.63. The van der Waals surface area contributed by atoms with Gasteiger partial charge in [0.05, 0.1) is 16.7 Å². The highest BCUT2D eigenvalue weighted by molar-refractivity contribution is 7.85. The number of nitrogens with zero attached hydrogens (tertiary/aromatic N) is 1. The average molecular weight is 383 g/mol. The van der Waals surface area contributed by atoms with Gasteiger partial charge in [0.15, 0.2) is 6.61 Å². The second kappa shape index (κ2) is 9.45. The van der Waals surface area contributed by atoms with Gasteiger partial charge in [-0.05, 0) is 30.5 Å². The number of carbonyl (C=O) groups is 1. The van der Waals surface area contributed by atoms with E-state index in [1.54, 1.807) is 18.2 Å². The van der Waals surface area contributed by atoms with Gasteiger partial charge in [0, 0.05) is 0 Å². The Labute approximate surface area is 152 Å². The maximum Gasteiger partial charge on any atom is 0.333 e. The normalized spacial score (nSPS) is 10.4. The largest absolute Gasteiger partial charge is 0.744 e. The first-order valence-electron chi connectivity index (χ1n) is 7.34. The monoisotopic (exact) mass is 383 g/mol. The lowest BCUT2D eigenvalue weighted by atomic mass is 10.2. The SMILES string of the molecule is CC(OCC(=O)c1cccs1)=[N+](C)C.Cc1ccc(S(=O)(=O)[O-])cc1. The molecule has 0 atom stereocenters. The van der Waals surface area contributed by atoms with Crippen LogP contribution in [0.2, 0.25) is 0 Å². The van der Waals surface area contributed by atoms with E-state index in [4.69, 9.17) is 4.74 Å². The van der Waals surface area contributed by atoms with Crippen LogP contribution in [0, 0.1) is 6.92 Å². The van der Waals surface area contributed by atoms with Crippen LogP contribution in [0.1, 0.15) is 22.2 Å². The van der Waals surface area contributed by atoms with Crippen molar-refractivity contribution in [2.24, 2.45) is 0 Å². The second-order valence-corrected chi connectivity index (χ2v) is 7.70. The Balaban J connectivity index is 0.000000257. The Morgan fingerprint density at radius 1 is 1.20 bits per heavy atom. The summed E-state index contributed by atoms with van der Waals surface area (Å²) in [4.78, 5) is 12.1. The van der Waals surface area contributed by atoms with E-state index in [2.05, 4.69) is 0 Å². The van der Waals surface area contributed by atoms with Gasteiger partial charge < -0.3 is 9.29 Å². The standard InChI is InChI=1S/C10H14NO2S.C7H8O3S/c1-8(11(2)3)13-7-9(12)10-5-4-6-14-10;1-6-2-4-7(5-3-6)11(8,9)10/h4-6H,7H2,1-3H3;2-5H,1H3,(H,8,9,10)/q+1;/p-1. The van der Waals surface area contributed by atoms with Gasteiger partial charge in [0.1, 0.15) is 24.2 Å². The number of Topliss-reactive ketones (excluding diaryl/α,β-unsaturated/α-hetero) is 1. The average Bonchev–Trinajstić information content (AvgIpc) is 3.06. The highest BCUT2D eigenvalue weighted by atomic mass is 32.2. The van der Waals surface area contributed by atoms with Crippen LogP contribution in [-0.2, 0) is 14.9 Å². The Morgan fingerprint density at radius 3 is 2.24 bits per heavy atom. The van der Waals surface area contributed by atoms with E-state index in [0.29, 0.717) is 0 Å². The van der Waals surface area contributed by atoms with Crippen LogP contribution in [0.25, 0.3) is 0 Å². The number of carbonyl (C=O) groups excluding carboxylic acids is 1. The maximum atomic E-state index is 11.5. The maximum absolute atomic E-state index is 11.5. The highest BCUT2D eigenvalue weighted by Crippen LogP contribution is 2.09. The third-order valence-electron chi connectivity index (χ3n) is 3.15. The summed E-state index contributed by atoms with van der Waals surface area (Å²) in [7, 11) is -0.510. The predicted octanol–water partition coefficient (Wildman–Crippen LogP) is 2.54. The number of hydrogen-bond donors (Lipinski definition) is 0. The van der Waals surface area contributed by atoms with Crippen LogP contribution in [-0.4, -0.2) is 49.9 Å². The van der Waals surface area contributed by atoms with E-state index < -0.39 is 10.1 Å². The molecule has 6 nitrogen and oxygen atoms in total. The Morgan fingerprint density at radius 2 is 1.80 bits per heavy atom. The van der Waals surface area contributed by atoms with Crippen molar-refractivity contribution in [3.63, 3.8) is 0 Å².